The molecule has 0 spiro atoms. The Morgan fingerprint density at radius 3 is 2.63 bits per heavy atom. The van der Waals surface area contributed by atoms with Crippen LogP contribution >= 0.6 is 23.4 Å². The molecule has 1 aromatic carbocycles. The molecule has 4 rings (SSSR count). The van der Waals surface area contributed by atoms with Crippen LogP contribution in [0.3, 0.4) is 0 Å². The van der Waals surface area contributed by atoms with E-state index in [4.69, 9.17) is 11.6 Å². The Kier molecular flexibility index (Phi) is 6.81. The summed E-state index contributed by atoms with van der Waals surface area (Å²) in [6.45, 7) is 2.44. The van der Waals surface area contributed by atoms with E-state index in [0.717, 1.165) is 30.2 Å². The highest BCUT2D eigenvalue weighted by Crippen LogP contribution is 2.26. The zero-order valence-corrected chi connectivity index (χ0v) is 18.0. The van der Waals surface area contributed by atoms with E-state index >= 15 is 0 Å². The summed E-state index contributed by atoms with van der Waals surface area (Å²) in [6.07, 6.45) is 4.09. The van der Waals surface area contributed by atoms with Crippen molar-refractivity contribution in [2.45, 2.75) is 30.3 Å². The molecule has 30 heavy (non-hydrogen) atoms. The summed E-state index contributed by atoms with van der Waals surface area (Å²) >= 11 is 7.74. The molecule has 1 N–H and O–H groups in total. The minimum Gasteiger partial charge on any atom is -0.356 e. The molecule has 0 radical (unpaired) electrons. The van der Waals surface area contributed by atoms with Crippen LogP contribution in [0.1, 0.15) is 34.5 Å². The molecule has 1 amide bonds. The molecule has 6 nitrogen and oxygen atoms in total. The standard InChI is InChI=1S/C22H22ClN5OS/c23-19-13-20(28-11-3-4-12-28)27-22(26-19)30-15-16-6-8-17(9-7-16)21(29)25-14-18-5-1-2-10-24-18/h1-2,5-10,13H,3-4,11-12,14-15H2,(H,25,29). The number of nitrogens with one attached hydrogen (secondary N) is 1. The van der Waals surface area contributed by atoms with Crippen molar-refractivity contribution in [2.24, 2.45) is 0 Å². The summed E-state index contributed by atoms with van der Waals surface area (Å²) in [5, 5.41) is 4.02. The third-order valence-electron chi connectivity index (χ3n) is 4.83. The topological polar surface area (TPSA) is 71.0 Å². The van der Waals surface area contributed by atoms with Gasteiger partial charge < -0.3 is 10.2 Å². The van der Waals surface area contributed by atoms with Gasteiger partial charge in [0.25, 0.3) is 5.91 Å². The first kappa shape index (κ1) is 20.6. The number of hydrogen-bond donors (Lipinski definition) is 1. The molecule has 1 aliphatic heterocycles. The van der Waals surface area contributed by atoms with E-state index in [9.17, 15) is 4.79 Å². The van der Waals surface area contributed by atoms with Crippen LogP contribution in [-0.2, 0) is 12.3 Å². The van der Waals surface area contributed by atoms with Crippen molar-refractivity contribution in [3.8, 4) is 0 Å². The molecule has 0 atom stereocenters. The molecule has 0 bridgehead atoms. The second-order valence-electron chi connectivity index (χ2n) is 7.01. The lowest BCUT2D eigenvalue weighted by Gasteiger charge is -2.16. The van der Waals surface area contributed by atoms with Gasteiger partial charge in [0.1, 0.15) is 11.0 Å². The predicted molar refractivity (Wildman–Crippen MR) is 120 cm³/mol. The Morgan fingerprint density at radius 1 is 1.10 bits per heavy atom. The molecule has 154 valence electrons. The van der Waals surface area contributed by atoms with Gasteiger partial charge in [-0.25, -0.2) is 9.97 Å². The summed E-state index contributed by atoms with van der Waals surface area (Å²) in [4.78, 5) is 27.8. The first-order chi connectivity index (χ1) is 14.7. The minimum absolute atomic E-state index is 0.117. The average Bonchev–Trinajstić information content (AvgIpc) is 3.32. The lowest BCUT2D eigenvalue weighted by molar-refractivity contribution is 0.0950. The van der Waals surface area contributed by atoms with Gasteiger partial charge in [-0.15, -0.1) is 0 Å². The molecule has 2 aromatic heterocycles. The van der Waals surface area contributed by atoms with Gasteiger partial charge in [-0.3, -0.25) is 9.78 Å². The van der Waals surface area contributed by atoms with Gasteiger partial charge in [0, 0.05) is 36.7 Å². The summed E-state index contributed by atoms with van der Waals surface area (Å²) < 4.78 is 0. The van der Waals surface area contributed by atoms with Gasteiger partial charge in [-0.05, 0) is 42.7 Å². The van der Waals surface area contributed by atoms with Gasteiger partial charge >= 0.3 is 0 Å². The molecule has 1 saturated heterocycles. The van der Waals surface area contributed by atoms with Crippen molar-refractivity contribution in [1.29, 1.82) is 0 Å². The fourth-order valence-electron chi connectivity index (χ4n) is 3.23. The van der Waals surface area contributed by atoms with E-state index in [2.05, 4.69) is 25.2 Å². The smallest absolute Gasteiger partial charge is 0.251 e. The van der Waals surface area contributed by atoms with E-state index in [1.807, 2.05) is 48.5 Å². The Bertz CT molecular complexity index is 994. The van der Waals surface area contributed by atoms with Gasteiger partial charge in [0.15, 0.2) is 5.16 Å². The van der Waals surface area contributed by atoms with Gasteiger partial charge in [0.2, 0.25) is 0 Å². The van der Waals surface area contributed by atoms with E-state index in [1.54, 1.807) is 18.0 Å². The Balaban J connectivity index is 1.33. The zero-order valence-electron chi connectivity index (χ0n) is 16.4. The number of thioether (sulfide) groups is 1. The molecule has 3 aromatic rings. The predicted octanol–water partition coefficient (Wildman–Crippen LogP) is 4.35. The van der Waals surface area contributed by atoms with E-state index < -0.39 is 0 Å². The summed E-state index contributed by atoms with van der Waals surface area (Å²) in [5.41, 5.74) is 2.54. The lowest BCUT2D eigenvalue weighted by Crippen LogP contribution is -2.23. The maximum absolute atomic E-state index is 12.3. The number of halogens is 1. The first-order valence-electron chi connectivity index (χ1n) is 9.87. The highest BCUT2D eigenvalue weighted by Gasteiger charge is 2.15. The van der Waals surface area contributed by atoms with Crippen molar-refractivity contribution in [2.75, 3.05) is 18.0 Å². The Labute approximate surface area is 185 Å². The number of benzene rings is 1. The van der Waals surface area contributed by atoms with E-state index in [-0.39, 0.29) is 5.91 Å². The molecule has 0 aliphatic carbocycles. The number of carbonyl (C=O) groups excluding carboxylic acids is 1. The molecular weight excluding hydrogens is 418 g/mol. The minimum atomic E-state index is -0.117. The number of carbonyl (C=O) groups is 1. The maximum atomic E-state index is 12.3. The van der Waals surface area contributed by atoms with Crippen molar-refractivity contribution >= 4 is 35.1 Å². The highest BCUT2D eigenvalue weighted by molar-refractivity contribution is 7.98. The molecule has 3 heterocycles. The third-order valence-corrected chi connectivity index (χ3v) is 5.94. The fraction of sp³-hybridized carbons (Fsp3) is 0.273. The van der Waals surface area contributed by atoms with Crippen LogP contribution in [0.4, 0.5) is 5.82 Å². The molecule has 1 aliphatic rings. The van der Waals surface area contributed by atoms with Crippen LogP contribution in [0.5, 0.6) is 0 Å². The van der Waals surface area contributed by atoms with E-state index in [0.29, 0.717) is 28.2 Å². The number of nitrogens with zero attached hydrogens (tertiary/aromatic N) is 4. The average molecular weight is 440 g/mol. The molecule has 0 unspecified atom stereocenters. The number of rotatable bonds is 7. The maximum Gasteiger partial charge on any atom is 0.251 e. The SMILES string of the molecule is O=C(NCc1ccccn1)c1ccc(CSc2nc(Cl)cc(N3CCCC3)n2)cc1. The Hall–Kier alpha value is -2.64. The zero-order chi connectivity index (χ0) is 20.8. The summed E-state index contributed by atoms with van der Waals surface area (Å²) in [7, 11) is 0. The first-order valence-corrected chi connectivity index (χ1v) is 11.2. The number of aromatic nitrogens is 3. The lowest BCUT2D eigenvalue weighted by atomic mass is 10.1. The van der Waals surface area contributed by atoms with Crippen molar-refractivity contribution < 1.29 is 4.79 Å². The quantitative estimate of drug-likeness (QED) is 0.335. The van der Waals surface area contributed by atoms with Gasteiger partial charge in [-0.2, -0.15) is 0 Å². The van der Waals surface area contributed by atoms with Crippen LogP contribution in [0.2, 0.25) is 5.15 Å². The van der Waals surface area contributed by atoms with E-state index in [1.165, 1.54) is 12.8 Å². The molecular formula is C22H22ClN5OS. The van der Waals surface area contributed by atoms with Crippen LogP contribution in [-0.4, -0.2) is 33.9 Å². The highest BCUT2D eigenvalue weighted by atomic mass is 35.5. The number of hydrogen-bond acceptors (Lipinski definition) is 6. The molecule has 0 saturated carbocycles. The number of pyridine rings is 1. The van der Waals surface area contributed by atoms with Crippen LogP contribution in [0.15, 0.2) is 59.9 Å². The monoisotopic (exact) mass is 439 g/mol. The number of anilines is 1. The Morgan fingerprint density at radius 2 is 1.90 bits per heavy atom. The molecule has 1 fully saturated rings. The van der Waals surface area contributed by atoms with Crippen LogP contribution in [0, 0.1) is 0 Å². The second-order valence-corrected chi connectivity index (χ2v) is 8.34. The second kappa shape index (κ2) is 9.91. The van der Waals surface area contributed by atoms with Crippen LogP contribution < -0.4 is 10.2 Å². The normalized spacial score (nSPS) is 13.4. The fourth-order valence-corrected chi connectivity index (χ4v) is 4.27. The van der Waals surface area contributed by atoms with Crippen LogP contribution in [0.25, 0.3) is 0 Å². The van der Waals surface area contributed by atoms with Crippen molar-refractivity contribution in [3.05, 3.63) is 76.7 Å². The number of amides is 1. The van der Waals surface area contributed by atoms with Crippen molar-refractivity contribution in [1.82, 2.24) is 20.3 Å². The summed E-state index contributed by atoms with van der Waals surface area (Å²) in [6, 6.07) is 15.0. The summed E-state index contributed by atoms with van der Waals surface area (Å²) in [5.74, 6) is 1.48. The third kappa shape index (κ3) is 5.49. The van der Waals surface area contributed by atoms with Gasteiger partial charge in [-0.1, -0.05) is 41.6 Å². The van der Waals surface area contributed by atoms with Gasteiger partial charge in [0.05, 0.1) is 12.2 Å². The van der Waals surface area contributed by atoms with Crippen molar-refractivity contribution in [3.63, 3.8) is 0 Å². The largest absolute Gasteiger partial charge is 0.356 e. The molecule has 8 heteroatoms.